The maximum Gasteiger partial charge on any atom is 0.192 e. The summed E-state index contributed by atoms with van der Waals surface area (Å²) in [6, 6.07) is 1.54. The van der Waals surface area contributed by atoms with Gasteiger partial charge in [0.25, 0.3) is 0 Å². The maximum absolute atomic E-state index is 11.5. The SMILES string of the molecule is Cc1cc(=O)c2c(o1)C(C)CC=C2. The summed E-state index contributed by atoms with van der Waals surface area (Å²) in [5, 5.41) is 0. The Morgan fingerprint density at radius 2 is 2.31 bits per heavy atom. The first-order valence-corrected chi connectivity index (χ1v) is 4.49. The lowest BCUT2D eigenvalue weighted by Crippen LogP contribution is -2.12. The lowest BCUT2D eigenvalue weighted by atomic mass is 9.94. The first kappa shape index (κ1) is 8.30. The molecule has 1 aliphatic carbocycles. The van der Waals surface area contributed by atoms with Crippen molar-refractivity contribution in [2.45, 2.75) is 26.2 Å². The smallest absolute Gasteiger partial charge is 0.192 e. The third kappa shape index (κ3) is 1.32. The van der Waals surface area contributed by atoms with Crippen molar-refractivity contribution in [2.24, 2.45) is 0 Å². The van der Waals surface area contributed by atoms with Crippen LogP contribution in [-0.4, -0.2) is 0 Å². The summed E-state index contributed by atoms with van der Waals surface area (Å²) in [5.74, 6) is 1.87. The van der Waals surface area contributed by atoms with Crippen LogP contribution in [0.3, 0.4) is 0 Å². The molecule has 1 heterocycles. The number of fused-ring (bicyclic) bond motifs is 1. The highest BCUT2D eigenvalue weighted by Gasteiger charge is 2.17. The molecular weight excluding hydrogens is 164 g/mol. The van der Waals surface area contributed by atoms with Crippen molar-refractivity contribution in [3.05, 3.63) is 39.4 Å². The van der Waals surface area contributed by atoms with Crippen molar-refractivity contribution in [3.8, 4) is 0 Å². The molecule has 1 aromatic rings. The maximum atomic E-state index is 11.5. The number of hydrogen-bond donors (Lipinski definition) is 0. The van der Waals surface area contributed by atoms with Gasteiger partial charge in [-0.15, -0.1) is 0 Å². The van der Waals surface area contributed by atoms with Gasteiger partial charge in [-0.25, -0.2) is 0 Å². The average molecular weight is 176 g/mol. The van der Waals surface area contributed by atoms with E-state index < -0.39 is 0 Å². The molecule has 13 heavy (non-hydrogen) atoms. The zero-order chi connectivity index (χ0) is 9.42. The lowest BCUT2D eigenvalue weighted by Gasteiger charge is -2.15. The summed E-state index contributed by atoms with van der Waals surface area (Å²) in [4.78, 5) is 11.5. The molecule has 0 saturated carbocycles. The average Bonchev–Trinajstić information content (AvgIpc) is 2.07. The monoisotopic (exact) mass is 176 g/mol. The molecule has 0 spiro atoms. The quantitative estimate of drug-likeness (QED) is 0.607. The second-order valence-electron chi connectivity index (χ2n) is 3.54. The first-order valence-electron chi connectivity index (χ1n) is 4.49. The molecule has 1 unspecified atom stereocenters. The molecular formula is C11H12O2. The Hall–Kier alpha value is -1.31. The van der Waals surface area contributed by atoms with E-state index in [2.05, 4.69) is 6.92 Å². The van der Waals surface area contributed by atoms with Crippen molar-refractivity contribution in [3.63, 3.8) is 0 Å². The van der Waals surface area contributed by atoms with Crippen LogP contribution in [0.15, 0.2) is 21.4 Å². The Labute approximate surface area is 76.9 Å². The van der Waals surface area contributed by atoms with Gasteiger partial charge in [0.2, 0.25) is 0 Å². The van der Waals surface area contributed by atoms with Crippen LogP contribution >= 0.6 is 0 Å². The van der Waals surface area contributed by atoms with Crippen LogP contribution in [0.25, 0.3) is 6.08 Å². The minimum absolute atomic E-state index is 0.0709. The van der Waals surface area contributed by atoms with Crippen LogP contribution in [0.2, 0.25) is 0 Å². The molecule has 2 nitrogen and oxygen atoms in total. The molecule has 1 atom stereocenters. The third-order valence-electron chi connectivity index (χ3n) is 2.36. The fraction of sp³-hybridized carbons (Fsp3) is 0.364. The second-order valence-corrected chi connectivity index (χ2v) is 3.54. The van der Waals surface area contributed by atoms with Crippen molar-refractivity contribution in [1.82, 2.24) is 0 Å². The molecule has 0 aliphatic heterocycles. The van der Waals surface area contributed by atoms with Gasteiger partial charge in [0.15, 0.2) is 5.43 Å². The predicted octanol–water partition coefficient (Wildman–Crippen LogP) is 2.47. The minimum atomic E-state index is 0.0709. The van der Waals surface area contributed by atoms with Gasteiger partial charge in [0.1, 0.15) is 11.5 Å². The molecule has 2 rings (SSSR count). The minimum Gasteiger partial charge on any atom is -0.465 e. The third-order valence-corrected chi connectivity index (χ3v) is 2.36. The Balaban J connectivity index is 2.72. The molecule has 0 fully saturated rings. The van der Waals surface area contributed by atoms with Crippen molar-refractivity contribution in [2.75, 3.05) is 0 Å². The van der Waals surface area contributed by atoms with Crippen LogP contribution in [0.4, 0.5) is 0 Å². The molecule has 0 radical (unpaired) electrons. The Morgan fingerprint density at radius 3 is 3.08 bits per heavy atom. The van der Waals surface area contributed by atoms with Crippen LogP contribution < -0.4 is 5.43 Å². The zero-order valence-electron chi connectivity index (χ0n) is 7.83. The van der Waals surface area contributed by atoms with Crippen LogP contribution in [0, 0.1) is 6.92 Å². The summed E-state index contributed by atoms with van der Waals surface area (Å²) < 4.78 is 5.54. The van der Waals surface area contributed by atoms with E-state index in [9.17, 15) is 4.79 Å². The predicted molar refractivity (Wildman–Crippen MR) is 51.8 cm³/mol. The summed E-state index contributed by atoms with van der Waals surface area (Å²) in [5.41, 5.74) is 0.797. The Morgan fingerprint density at radius 1 is 1.54 bits per heavy atom. The molecule has 0 aromatic carbocycles. The highest BCUT2D eigenvalue weighted by Crippen LogP contribution is 2.27. The van der Waals surface area contributed by atoms with Crippen LogP contribution in [-0.2, 0) is 0 Å². The van der Waals surface area contributed by atoms with E-state index in [1.165, 1.54) is 0 Å². The van der Waals surface area contributed by atoms with E-state index in [-0.39, 0.29) is 5.43 Å². The van der Waals surface area contributed by atoms with E-state index in [1.54, 1.807) is 6.07 Å². The van der Waals surface area contributed by atoms with Crippen LogP contribution in [0.1, 0.15) is 36.3 Å². The van der Waals surface area contributed by atoms with Gasteiger partial charge in [-0.3, -0.25) is 4.79 Å². The number of hydrogen-bond acceptors (Lipinski definition) is 2. The lowest BCUT2D eigenvalue weighted by molar-refractivity contribution is 0.431. The highest BCUT2D eigenvalue weighted by molar-refractivity contribution is 5.54. The standard InChI is InChI=1S/C11H12O2/c1-7-4-3-5-9-10(12)6-8(2)13-11(7)9/h3,5-7H,4H2,1-2H3. The Kier molecular flexibility index (Phi) is 1.83. The van der Waals surface area contributed by atoms with Gasteiger partial charge in [0.05, 0.1) is 5.56 Å². The van der Waals surface area contributed by atoms with E-state index in [1.807, 2.05) is 19.1 Å². The van der Waals surface area contributed by atoms with Crippen molar-refractivity contribution >= 4 is 6.08 Å². The number of allylic oxidation sites excluding steroid dienone is 1. The molecule has 1 aromatic heterocycles. The molecule has 2 heteroatoms. The van der Waals surface area contributed by atoms with Gasteiger partial charge in [-0.2, -0.15) is 0 Å². The topological polar surface area (TPSA) is 30.2 Å². The summed E-state index contributed by atoms with van der Waals surface area (Å²) >= 11 is 0. The normalized spacial score (nSPS) is 20.0. The van der Waals surface area contributed by atoms with Crippen molar-refractivity contribution in [1.29, 1.82) is 0 Å². The molecule has 0 bridgehead atoms. The van der Waals surface area contributed by atoms with Gasteiger partial charge in [-0.05, 0) is 13.3 Å². The van der Waals surface area contributed by atoms with E-state index >= 15 is 0 Å². The number of aryl methyl sites for hydroxylation is 1. The fourth-order valence-electron chi connectivity index (χ4n) is 1.67. The first-order chi connectivity index (χ1) is 6.18. The van der Waals surface area contributed by atoms with Gasteiger partial charge >= 0.3 is 0 Å². The largest absolute Gasteiger partial charge is 0.465 e. The fourth-order valence-corrected chi connectivity index (χ4v) is 1.67. The second kappa shape index (κ2) is 2.87. The van der Waals surface area contributed by atoms with E-state index in [0.29, 0.717) is 11.7 Å². The summed E-state index contributed by atoms with van der Waals surface area (Å²) in [6.45, 7) is 3.89. The van der Waals surface area contributed by atoms with Gasteiger partial charge in [0, 0.05) is 12.0 Å². The summed E-state index contributed by atoms with van der Waals surface area (Å²) in [7, 11) is 0. The van der Waals surface area contributed by atoms with Crippen molar-refractivity contribution < 1.29 is 4.42 Å². The highest BCUT2D eigenvalue weighted by atomic mass is 16.3. The summed E-state index contributed by atoms with van der Waals surface area (Å²) in [6.07, 6.45) is 4.85. The van der Waals surface area contributed by atoms with E-state index in [0.717, 1.165) is 17.7 Å². The molecule has 68 valence electrons. The van der Waals surface area contributed by atoms with Crippen LogP contribution in [0.5, 0.6) is 0 Å². The van der Waals surface area contributed by atoms with Gasteiger partial charge < -0.3 is 4.42 Å². The number of rotatable bonds is 0. The van der Waals surface area contributed by atoms with Gasteiger partial charge in [-0.1, -0.05) is 19.1 Å². The molecule has 0 N–H and O–H groups in total. The molecule has 0 saturated heterocycles. The molecule has 1 aliphatic rings. The van der Waals surface area contributed by atoms with E-state index in [4.69, 9.17) is 4.42 Å². The zero-order valence-corrected chi connectivity index (χ0v) is 7.83. The molecule has 0 amide bonds. The Bertz CT molecular complexity index is 413.